The van der Waals surface area contributed by atoms with Crippen molar-refractivity contribution in [2.24, 2.45) is 0 Å². The number of fused-ring (bicyclic) bond motifs is 1. The number of carbonyl (C=O) groups is 1. The van der Waals surface area contributed by atoms with E-state index in [4.69, 9.17) is 16.6 Å². The summed E-state index contributed by atoms with van der Waals surface area (Å²) in [5.74, 6) is 0.00428. The Morgan fingerprint density at radius 2 is 1.96 bits per heavy atom. The molecule has 0 aliphatic rings. The van der Waals surface area contributed by atoms with Crippen LogP contribution in [0.5, 0.6) is 0 Å². The number of carbonyl (C=O) groups excluding carboxylic acids is 1. The first-order chi connectivity index (χ1) is 12.5. The fourth-order valence-corrected chi connectivity index (χ4v) is 3.02. The summed E-state index contributed by atoms with van der Waals surface area (Å²) in [4.78, 5) is 19.3. The summed E-state index contributed by atoms with van der Waals surface area (Å²) in [5.41, 5.74) is 3.48. The van der Waals surface area contributed by atoms with Gasteiger partial charge in [0.2, 0.25) is 5.91 Å². The number of pyridine rings is 1. The molecule has 0 bridgehead atoms. The van der Waals surface area contributed by atoms with Crippen molar-refractivity contribution < 1.29 is 4.79 Å². The van der Waals surface area contributed by atoms with Gasteiger partial charge < -0.3 is 14.6 Å². The smallest absolute Gasteiger partial charge is 0.226 e. The summed E-state index contributed by atoms with van der Waals surface area (Å²) in [6.07, 6.45) is 3.15. The predicted octanol–water partition coefficient (Wildman–Crippen LogP) is 3.27. The van der Waals surface area contributed by atoms with Crippen LogP contribution in [0.15, 0.2) is 48.7 Å². The van der Waals surface area contributed by atoms with Gasteiger partial charge in [0.1, 0.15) is 5.65 Å². The first-order valence-corrected chi connectivity index (χ1v) is 9.06. The van der Waals surface area contributed by atoms with E-state index in [0.717, 1.165) is 35.6 Å². The molecule has 0 spiro atoms. The van der Waals surface area contributed by atoms with Gasteiger partial charge in [-0.1, -0.05) is 29.8 Å². The average molecular weight is 371 g/mol. The van der Waals surface area contributed by atoms with Crippen molar-refractivity contribution in [3.05, 3.63) is 59.4 Å². The van der Waals surface area contributed by atoms with Crippen molar-refractivity contribution in [2.75, 3.05) is 27.2 Å². The third-order valence-electron chi connectivity index (χ3n) is 4.18. The third-order valence-corrected chi connectivity index (χ3v) is 4.43. The second-order valence-electron chi connectivity index (χ2n) is 6.53. The molecule has 0 aliphatic heterocycles. The lowest BCUT2D eigenvalue weighted by molar-refractivity contribution is -0.120. The second kappa shape index (κ2) is 8.34. The van der Waals surface area contributed by atoms with Crippen LogP contribution in [0.4, 0.5) is 0 Å². The maximum absolute atomic E-state index is 12.4. The van der Waals surface area contributed by atoms with Crippen molar-refractivity contribution in [1.82, 2.24) is 19.6 Å². The molecule has 0 fully saturated rings. The molecule has 136 valence electrons. The van der Waals surface area contributed by atoms with Gasteiger partial charge in [-0.25, -0.2) is 4.98 Å². The largest absolute Gasteiger partial charge is 0.356 e. The van der Waals surface area contributed by atoms with E-state index in [1.165, 1.54) is 0 Å². The quantitative estimate of drug-likeness (QED) is 0.649. The van der Waals surface area contributed by atoms with E-state index >= 15 is 0 Å². The normalized spacial score (nSPS) is 11.2. The van der Waals surface area contributed by atoms with Gasteiger partial charge in [-0.15, -0.1) is 0 Å². The Morgan fingerprint density at radius 1 is 1.19 bits per heavy atom. The fraction of sp³-hybridized carbons (Fsp3) is 0.300. The predicted molar refractivity (Wildman–Crippen MR) is 106 cm³/mol. The van der Waals surface area contributed by atoms with E-state index in [1.54, 1.807) is 0 Å². The van der Waals surface area contributed by atoms with E-state index in [-0.39, 0.29) is 12.3 Å². The molecule has 26 heavy (non-hydrogen) atoms. The number of benzene rings is 1. The maximum Gasteiger partial charge on any atom is 0.226 e. The average Bonchev–Trinajstić information content (AvgIpc) is 2.98. The van der Waals surface area contributed by atoms with Crippen LogP contribution >= 0.6 is 11.6 Å². The van der Waals surface area contributed by atoms with Crippen LogP contribution in [0.3, 0.4) is 0 Å². The van der Waals surface area contributed by atoms with Crippen molar-refractivity contribution in [3.8, 4) is 11.3 Å². The molecule has 0 aliphatic carbocycles. The summed E-state index contributed by atoms with van der Waals surface area (Å²) in [5, 5.41) is 3.68. The van der Waals surface area contributed by atoms with Crippen LogP contribution in [-0.4, -0.2) is 47.4 Å². The first-order valence-electron chi connectivity index (χ1n) is 8.68. The molecule has 1 N–H and O–H groups in total. The highest BCUT2D eigenvalue weighted by Gasteiger charge is 2.16. The molecule has 2 aromatic heterocycles. The number of amides is 1. The monoisotopic (exact) mass is 370 g/mol. The second-order valence-corrected chi connectivity index (χ2v) is 6.96. The van der Waals surface area contributed by atoms with E-state index in [9.17, 15) is 4.79 Å². The van der Waals surface area contributed by atoms with Crippen molar-refractivity contribution in [3.63, 3.8) is 0 Å². The Hall–Kier alpha value is -2.37. The summed E-state index contributed by atoms with van der Waals surface area (Å²) in [6.45, 7) is 1.62. The molecule has 0 saturated heterocycles. The number of imidazole rings is 1. The Kier molecular flexibility index (Phi) is 5.91. The van der Waals surface area contributed by atoms with E-state index in [1.807, 2.05) is 67.2 Å². The fourth-order valence-electron chi connectivity index (χ4n) is 2.89. The van der Waals surface area contributed by atoms with Crippen LogP contribution in [0.1, 0.15) is 12.1 Å². The van der Waals surface area contributed by atoms with Gasteiger partial charge in [-0.2, -0.15) is 0 Å². The van der Waals surface area contributed by atoms with Crippen molar-refractivity contribution in [1.29, 1.82) is 0 Å². The zero-order valence-corrected chi connectivity index (χ0v) is 15.8. The van der Waals surface area contributed by atoms with Gasteiger partial charge in [0, 0.05) is 23.3 Å². The molecule has 6 heteroatoms. The number of nitrogens with one attached hydrogen (secondary N) is 1. The molecular formula is C20H23ClN4O. The van der Waals surface area contributed by atoms with E-state index in [2.05, 4.69) is 10.2 Å². The standard InChI is InChI=1S/C20H23ClN4O/c1-24(2)12-5-11-22-19(26)14-17-20(15-7-9-16(21)10-8-15)23-18-6-3-4-13-25(17)18/h3-4,6-10,13H,5,11-12,14H2,1-2H3,(H,22,26). The Labute approximate surface area is 158 Å². The number of hydrogen-bond acceptors (Lipinski definition) is 3. The Bertz CT molecular complexity index is 886. The number of aromatic nitrogens is 2. The molecule has 3 aromatic rings. The lowest BCUT2D eigenvalue weighted by atomic mass is 10.1. The van der Waals surface area contributed by atoms with Gasteiger partial charge in [-0.05, 0) is 51.3 Å². The van der Waals surface area contributed by atoms with Crippen LogP contribution in [0.25, 0.3) is 16.9 Å². The number of halogens is 1. The Balaban J connectivity index is 1.83. The van der Waals surface area contributed by atoms with Gasteiger partial charge in [-0.3, -0.25) is 4.79 Å². The van der Waals surface area contributed by atoms with Crippen LogP contribution in [0, 0.1) is 0 Å². The van der Waals surface area contributed by atoms with Crippen molar-refractivity contribution in [2.45, 2.75) is 12.8 Å². The van der Waals surface area contributed by atoms with Crippen molar-refractivity contribution >= 4 is 23.2 Å². The van der Waals surface area contributed by atoms with Gasteiger partial charge in [0.15, 0.2) is 0 Å². The molecule has 0 atom stereocenters. The van der Waals surface area contributed by atoms with E-state index in [0.29, 0.717) is 11.6 Å². The zero-order chi connectivity index (χ0) is 18.5. The number of hydrogen-bond donors (Lipinski definition) is 1. The topological polar surface area (TPSA) is 49.6 Å². The summed E-state index contributed by atoms with van der Waals surface area (Å²) >= 11 is 6.00. The molecular weight excluding hydrogens is 348 g/mol. The van der Waals surface area contributed by atoms with E-state index < -0.39 is 0 Å². The lowest BCUT2D eigenvalue weighted by Crippen LogP contribution is -2.28. The SMILES string of the molecule is CN(C)CCCNC(=O)Cc1c(-c2ccc(Cl)cc2)nc2ccccn12. The molecule has 5 nitrogen and oxygen atoms in total. The highest BCUT2D eigenvalue weighted by Crippen LogP contribution is 2.26. The summed E-state index contributed by atoms with van der Waals surface area (Å²) < 4.78 is 1.98. The zero-order valence-electron chi connectivity index (χ0n) is 15.1. The lowest BCUT2D eigenvalue weighted by Gasteiger charge is -2.10. The van der Waals surface area contributed by atoms with Crippen LogP contribution < -0.4 is 5.32 Å². The minimum Gasteiger partial charge on any atom is -0.356 e. The molecule has 0 unspecified atom stereocenters. The highest BCUT2D eigenvalue weighted by atomic mass is 35.5. The molecule has 2 heterocycles. The first kappa shape index (κ1) is 18.4. The summed E-state index contributed by atoms with van der Waals surface area (Å²) in [6, 6.07) is 13.4. The van der Waals surface area contributed by atoms with Gasteiger partial charge in [0.05, 0.1) is 17.8 Å². The third kappa shape index (κ3) is 4.42. The number of rotatable bonds is 7. The number of nitrogens with zero attached hydrogens (tertiary/aromatic N) is 3. The molecule has 3 rings (SSSR count). The molecule has 0 radical (unpaired) electrons. The minimum absolute atomic E-state index is 0.00428. The summed E-state index contributed by atoms with van der Waals surface area (Å²) in [7, 11) is 4.05. The maximum atomic E-state index is 12.4. The molecule has 0 saturated carbocycles. The van der Waals surface area contributed by atoms with Gasteiger partial charge in [0.25, 0.3) is 0 Å². The van der Waals surface area contributed by atoms with Crippen LogP contribution in [-0.2, 0) is 11.2 Å². The highest BCUT2D eigenvalue weighted by molar-refractivity contribution is 6.30. The van der Waals surface area contributed by atoms with Gasteiger partial charge >= 0.3 is 0 Å². The Morgan fingerprint density at radius 3 is 2.69 bits per heavy atom. The molecule has 1 amide bonds. The molecule has 1 aromatic carbocycles. The minimum atomic E-state index is 0.00428. The van der Waals surface area contributed by atoms with Crippen LogP contribution in [0.2, 0.25) is 5.02 Å².